The van der Waals surface area contributed by atoms with Crippen LogP contribution in [-0.2, 0) is 6.42 Å². The number of benzene rings is 4. The van der Waals surface area contributed by atoms with Crippen LogP contribution in [0.15, 0.2) is 129 Å². The molecule has 0 N–H and O–H groups in total. The van der Waals surface area contributed by atoms with E-state index in [4.69, 9.17) is 0 Å². The van der Waals surface area contributed by atoms with Crippen LogP contribution in [-0.4, -0.2) is 13.7 Å². The summed E-state index contributed by atoms with van der Waals surface area (Å²) in [5, 5.41) is 2.53. The molecule has 0 unspecified atom stereocenters. The molecule has 0 bridgehead atoms. The average molecular weight is 603 g/mol. The summed E-state index contributed by atoms with van der Waals surface area (Å²) in [6, 6.07) is 28.4. The summed E-state index contributed by atoms with van der Waals surface area (Å²) in [6.07, 6.45) is 9.40. The Morgan fingerprint density at radius 2 is 1.44 bits per heavy atom. The standard InChI is InChI=1S/C37H38N2.C2H6.C2H4.CH3F/c1-7-29(8-2)39(30-17-12-11-13-18-30)33(10-4)32-22-20-28-21-23-35(31(9-3)37(28)36(32)26(5)6)38-25-24-27-16-14-15-19-34(27)38;3*1-2/h7-23,26H,1,3,24-25H2,2,4-6H3;1-2H3;1-2H2;1H3/b29-8+,33-10+;;;. The van der Waals surface area contributed by atoms with E-state index < -0.39 is 0 Å². The lowest BCUT2D eigenvalue weighted by Crippen LogP contribution is -2.21. The fourth-order valence-electron chi connectivity index (χ4n) is 6.06. The van der Waals surface area contributed by atoms with Crippen molar-refractivity contribution in [2.45, 2.75) is 53.9 Å². The maximum atomic E-state index is 9.50. The highest BCUT2D eigenvalue weighted by Crippen LogP contribution is 2.44. The maximum Gasteiger partial charge on any atom is 0.0785 e. The van der Waals surface area contributed by atoms with Gasteiger partial charge < -0.3 is 9.80 Å². The molecular formula is C42H51FN2. The highest BCUT2D eigenvalue weighted by Gasteiger charge is 2.26. The number of anilines is 3. The molecule has 1 heterocycles. The van der Waals surface area contributed by atoms with Crippen molar-refractivity contribution >= 4 is 39.6 Å². The molecule has 3 heteroatoms. The van der Waals surface area contributed by atoms with Gasteiger partial charge in [-0.05, 0) is 78.4 Å². The van der Waals surface area contributed by atoms with Gasteiger partial charge >= 0.3 is 0 Å². The molecular weight excluding hydrogens is 551 g/mol. The van der Waals surface area contributed by atoms with Crippen LogP contribution < -0.4 is 9.80 Å². The second-order valence-corrected chi connectivity index (χ2v) is 10.3. The monoisotopic (exact) mass is 602 g/mol. The number of alkyl halides is 1. The zero-order chi connectivity index (χ0) is 33.5. The Bertz CT molecular complexity index is 1610. The summed E-state index contributed by atoms with van der Waals surface area (Å²) in [5.41, 5.74) is 11.0. The number of para-hydroxylation sites is 2. The molecule has 1 aliphatic rings. The van der Waals surface area contributed by atoms with E-state index in [2.05, 4.69) is 161 Å². The molecule has 236 valence electrons. The minimum Gasteiger partial charge on any atom is -0.340 e. The molecule has 0 spiro atoms. The fourth-order valence-corrected chi connectivity index (χ4v) is 6.06. The van der Waals surface area contributed by atoms with Crippen molar-refractivity contribution in [2.75, 3.05) is 23.5 Å². The SMILES string of the molecule is C=C.C=C/C(=C\C)N(/C(=C/C)c1ccc2ccc(N3CCc4ccccc43)c(C=C)c2c1C(C)C)c1ccccc1.CC.CF. The van der Waals surface area contributed by atoms with E-state index in [0.717, 1.165) is 30.0 Å². The lowest BCUT2D eigenvalue weighted by Gasteiger charge is -2.32. The normalized spacial score (nSPS) is 12.2. The molecule has 0 saturated carbocycles. The fraction of sp³-hybridized carbons (Fsp3) is 0.238. The largest absolute Gasteiger partial charge is 0.340 e. The van der Waals surface area contributed by atoms with Crippen molar-refractivity contribution < 1.29 is 4.39 Å². The van der Waals surface area contributed by atoms with Gasteiger partial charge in [0.2, 0.25) is 0 Å². The predicted octanol–water partition coefficient (Wildman–Crippen LogP) is 12.7. The molecule has 4 aromatic rings. The summed E-state index contributed by atoms with van der Waals surface area (Å²) in [4.78, 5) is 4.78. The minimum atomic E-state index is 0.300. The molecule has 0 radical (unpaired) electrons. The Hall–Kier alpha value is -4.63. The molecule has 45 heavy (non-hydrogen) atoms. The Morgan fingerprint density at radius 3 is 2.02 bits per heavy atom. The molecule has 0 saturated heterocycles. The zero-order valence-corrected chi connectivity index (χ0v) is 28.4. The van der Waals surface area contributed by atoms with E-state index in [1.165, 1.54) is 44.4 Å². The molecule has 5 rings (SSSR count). The first-order valence-electron chi connectivity index (χ1n) is 15.8. The average Bonchev–Trinajstić information content (AvgIpc) is 3.54. The van der Waals surface area contributed by atoms with Crippen molar-refractivity contribution in [3.8, 4) is 0 Å². The van der Waals surface area contributed by atoms with Gasteiger partial charge in [-0.3, -0.25) is 4.39 Å². The topological polar surface area (TPSA) is 6.48 Å². The van der Waals surface area contributed by atoms with E-state index in [1.54, 1.807) is 0 Å². The first-order valence-corrected chi connectivity index (χ1v) is 15.8. The Labute approximate surface area is 272 Å². The number of allylic oxidation sites excluding steroid dienone is 3. The van der Waals surface area contributed by atoms with Crippen LogP contribution in [0.3, 0.4) is 0 Å². The number of nitrogens with zero attached hydrogens (tertiary/aromatic N) is 2. The Balaban J connectivity index is 0.00000111. The van der Waals surface area contributed by atoms with Gasteiger partial charge in [-0.1, -0.05) is 114 Å². The second-order valence-electron chi connectivity index (χ2n) is 10.3. The maximum absolute atomic E-state index is 9.50. The first kappa shape index (κ1) is 36.6. The van der Waals surface area contributed by atoms with Gasteiger partial charge in [0.1, 0.15) is 0 Å². The predicted molar refractivity (Wildman–Crippen MR) is 201 cm³/mol. The quantitative estimate of drug-likeness (QED) is 0.146. The molecule has 0 fully saturated rings. The van der Waals surface area contributed by atoms with E-state index in [1.807, 2.05) is 19.9 Å². The summed E-state index contributed by atoms with van der Waals surface area (Å²) < 4.78 is 9.50. The molecule has 0 aliphatic carbocycles. The minimum absolute atomic E-state index is 0.300. The number of rotatable bonds is 8. The number of halogens is 1. The molecule has 1 aliphatic heterocycles. The molecule has 0 aromatic heterocycles. The Kier molecular flexibility index (Phi) is 14.8. The first-order chi connectivity index (χ1) is 22.0. The zero-order valence-electron chi connectivity index (χ0n) is 28.4. The van der Waals surface area contributed by atoms with E-state index in [0.29, 0.717) is 13.1 Å². The van der Waals surface area contributed by atoms with E-state index in [-0.39, 0.29) is 0 Å². The van der Waals surface area contributed by atoms with Crippen LogP contribution in [0.2, 0.25) is 0 Å². The van der Waals surface area contributed by atoms with Gasteiger partial charge in [0.05, 0.1) is 7.18 Å². The van der Waals surface area contributed by atoms with Crippen molar-refractivity contribution in [1.82, 2.24) is 0 Å². The number of fused-ring (bicyclic) bond motifs is 2. The summed E-state index contributed by atoms with van der Waals surface area (Å²) in [5.74, 6) is 0.300. The van der Waals surface area contributed by atoms with Gasteiger partial charge in [-0.2, -0.15) is 0 Å². The highest BCUT2D eigenvalue weighted by molar-refractivity contribution is 6.02. The van der Waals surface area contributed by atoms with Crippen molar-refractivity contribution in [1.29, 1.82) is 0 Å². The molecule has 2 nitrogen and oxygen atoms in total. The summed E-state index contributed by atoms with van der Waals surface area (Å²) >= 11 is 0. The third-order valence-corrected chi connectivity index (χ3v) is 7.77. The van der Waals surface area contributed by atoms with Crippen LogP contribution in [0.1, 0.15) is 69.7 Å². The van der Waals surface area contributed by atoms with Gasteiger partial charge in [0.25, 0.3) is 0 Å². The molecule has 4 aromatic carbocycles. The van der Waals surface area contributed by atoms with Gasteiger partial charge in [0, 0.05) is 46.1 Å². The lowest BCUT2D eigenvalue weighted by molar-refractivity contribution is 0.636. The van der Waals surface area contributed by atoms with Crippen LogP contribution in [0, 0.1) is 0 Å². The highest BCUT2D eigenvalue weighted by atomic mass is 19.1. The van der Waals surface area contributed by atoms with Crippen molar-refractivity contribution in [2.24, 2.45) is 0 Å². The van der Waals surface area contributed by atoms with Gasteiger partial charge in [0.15, 0.2) is 0 Å². The van der Waals surface area contributed by atoms with E-state index in [9.17, 15) is 4.39 Å². The van der Waals surface area contributed by atoms with Gasteiger partial charge in [-0.25, -0.2) is 0 Å². The van der Waals surface area contributed by atoms with Crippen LogP contribution >= 0.6 is 0 Å². The van der Waals surface area contributed by atoms with Crippen LogP contribution in [0.5, 0.6) is 0 Å². The van der Waals surface area contributed by atoms with Crippen LogP contribution in [0.4, 0.5) is 21.5 Å². The number of hydrogen-bond acceptors (Lipinski definition) is 2. The lowest BCUT2D eigenvalue weighted by atomic mass is 9.86. The third kappa shape index (κ3) is 7.54. The second kappa shape index (κ2) is 18.2. The number of hydrogen-bond donors (Lipinski definition) is 0. The van der Waals surface area contributed by atoms with E-state index >= 15 is 0 Å². The van der Waals surface area contributed by atoms with Crippen molar-refractivity contribution in [3.05, 3.63) is 151 Å². The van der Waals surface area contributed by atoms with Crippen molar-refractivity contribution in [3.63, 3.8) is 0 Å². The molecule has 0 atom stereocenters. The Morgan fingerprint density at radius 1 is 0.822 bits per heavy atom. The third-order valence-electron chi connectivity index (χ3n) is 7.77. The van der Waals surface area contributed by atoms with Crippen LogP contribution in [0.25, 0.3) is 22.5 Å². The summed E-state index contributed by atoms with van der Waals surface area (Å²) in [7, 11) is 0.500. The summed E-state index contributed by atoms with van der Waals surface area (Å²) in [6.45, 7) is 28.2. The van der Waals surface area contributed by atoms with Gasteiger partial charge in [-0.15, -0.1) is 13.2 Å². The molecule has 0 amide bonds. The smallest absolute Gasteiger partial charge is 0.0785 e.